The zero-order valence-electron chi connectivity index (χ0n) is 22.1. The highest BCUT2D eigenvalue weighted by molar-refractivity contribution is 7.92. The monoisotopic (exact) mass is 570 g/mol. The molecular weight excluding hydrogens is 540 g/mol. The molecule has 0 spiro atoms. The van der Waals surface area contributed by atoms with Crippen molar-refractivity contribution in [2.45, 2.75) is 38.6 Å². The number of benzene rings is 3. The van der Waals surface area contributed by atoms with Crippen LogP contribution in [0.3, 0.4) is 0 Å². The van der Waals surface area contributed by atoms with Crippen LogP contribution in [0.2, 0.25) is 5.02 Å². The summed E-state index contributed by atoms with van der Waals surface area (Å²) in [5, 5.41) is 7.07. The van der Waals surface area contributed by atoms with Gasteiger partial charge in [0.1, 0.15) is 12.3 Å². The fourth-order valence-corrected chi connectivity index (χ4v) is 5.16. The third kappa shape index (κ3) is 8.30. The average Bonchev–Trinajstić information content (AvgIpc) is 2.88. The Bertz CT molecular complexity index is 1440. The van der Waals surface area contributed by atoms with Crippen molar-refractivity contribution in [2.24, 2.45) is 5.10 Å². The van der Waals surface area contributed by atoms with Crippen LogP contribution in [-0.4, -0.2) is 45.6 Å². The second-order valence-electron chi connectivity index (χ2n) is 9.08. The Morgan fingerprint density at radius 3 is 2.31 bits per heavy atom. The molecule has 3 aromatic rings. The molecule has 11 heteroatoms. The van der Waals surface area contributed by atoms with Gasteiger partial charge in [0.05, 0.1) is 16.8 Å². The first-order valence-electron chi connectivity index (χ1n) is 12.2. The third-order valence-electron chi connectivity index (χ3n) is 5.51. The number of sulfonamides is 1. The summed E-state index contributed by atoms with van der Waals surface area (Å²) >= 11 is 6.25. The van der Waals surface area contributed by atoms with E-state index in [1.165, 1.54) is 18.3 Å². The second-order valence-corrected chi connectivity index (χ2v) is 11.4. The van der Waals surface area contributed by atoms with E-state index in [0.717, 1.165) is 9.87 Å². The number of hydrazone groups is 1. The largest absolute Gasteiger partial charge is 0.484 e. The van der Waals surface area contributed by atoms with E-state index in [9.17, 15) is 18.0 Å². The van der Waals surface area contributed by atoms with E-state index in [0.29, 0.717) is 27.6 Å². The van der Waals surface area contributed by atoms with Gasteiger partial charge in [0.15, 0.2) is 6.61 Å². The van der Waals surface area contributed by atoms with Gasteiger partial charge < -0.3 is 10.1 Å². The number of nitrogens with one attached hydrogen (secondary N) is 2. The molecule has 0 aromatic heterocycles. The molecule has 3 rings (SSSR count). The Morgan fingerprint density at radius 1 is 1.00 bits per heavy atom. The van der Waals surface area contributed by atoms with E-state index in [1.54, 1.807) is 61.5 Å². The summed E-state index contributed by atoms with van der Waals surface area (Å²) in [6.45, 7) is 6.66. The zero-order chi connectivity index (χ0) is 28.6. The first kappa shape index (κ1) is 29.7. The van der Waals surface area contributed by atoms with Crippen LogP contribution in [0, 0.1) is 13.8 Å². The number of carbonyl (C=O) groups excluding carboxylic acids is 2. The van der Waals surface area contributed by atoms with Crippen LogP contribution in [0.15, 0.2) is 76.7 Å². The minimum Gasteiger partial charge on any atom is -0.484 e. The molecule has 2 amide bonds. The summed E-state index contributed by atoms with van der Waals surface area (Å²) < 4.78 is 33.6. The van der Waals surface area contributed by atoms with E-state index < -0.39 is 22.5 Å². The predicted octanol–water partition coefficient (Wildman–Crippen LogP) is 4.21. The molecule has 0 saturated carbocycles. The number of nitrogens with zero attached hydrogens (tertiary/aromatic N) is 2. The van der Waals surface area contributed by atoms with E-state index in [-0.39, 0.29) is 23.5 Å². The van der Waals surface area contributed by atoms with Crippen LogP contribution in [0.5, 0.6) is 5.75 Å². The van der Waals surface area contributed by atoms with Crippen LogP contribution >= 0.6 is 11.6 Å². The molecule has 0 saturated heterocycles. The smallest absolute Gasteiger partial charge is 0.264 e. The number of anilines is 1. The number of hydrogen-bond donors (Lipinski definition) is 2. The van der Waals surface area contributed by atoms with Crippen molar-refractivity contribution in [2.75, 3.05) is 17.5 Å². The lowest BCUT2D eigenvalue weighted by Gasteiger charge is -2.25. The fraction of sp³-hybridized carbons (Fsp3) is 0.250. The lowest BCUT2D eigenvalue weighted by Crippen LogP contribution is -2.40. The maximum absolute atomic E-state index is 13.5. The molecule has 0 heterocycles. The molecule has 0 unspecified atom stereocenters. The number of halogens is 1. The Labute approximate surface area is 233 Å². The summed E-state index contributed by atoms with van der Waals surface area (Å²) in [5.74, 6) is -0.355. The van der Waals surface area contributed by atoms with Crippen LogP contribution in [-0.2, 0) is 19.6 Å². The minimum atomic E-state index is -4.09. The molecule has 3 aromatic carbocycles. The van der Waals surface area contributed by atoms with Gasteiger partial charge in [-0.2, -0.15) is 5.10 Å². The maximum Gasteiger partial charge on any atom is 0.264 e. The Kier molecular flexibility index (Phi) is 10.1. The highest BCUT2D eigenvalue weighted by Gasteiger charge is 2.28. The molecule has 0 fully saturated rings. The molecule has 0 atom stereocenters. The van der Waals surface area contributed by atoms with Crippen LogP contribution < -0.4 is 19.8 Å². The van der Waals surface area contributed by atoms with Gasteiger partial charge in [0, 0.05) is 11.1 Å². The first-order chi connectivity index (χ1) is 18.5. The predicted molar refractivity (Wildman–Crippen MR) is 153 cm³/mol. The van der Waals surface area contributed by atoms with E-state index in [4.69, 9.17) is 16.3 Å². The average molecular weight is 571 g/mol. The van der Waals surface area contributed by atoms with Gasteiger partial charge in [0.25, 0.3) is 21.8 Å². The van der Waals surface area contributed by atoms with Gasteiger partial charge in [-0.1, -0.05) is 35.4 Å². The molecule has 0 aliphatic rings. The lowest BCUT2D eigenvalue weighted by atomic mass is 10.2. The summed E-state index contributed by atoms with van der Waals surface area (Å²) in [4.78, 5) is 24.6. The van der Waals surface area contributed by atoms with Crippen molar-refractivity contribution >= 4 is 45.3 Å². The van der Waals surface area contributed by atoms with Crippen molar-refractivity contribution in [3.05, 3.63) is 88.4 Å². The highest BCUT2D eigenvalue weighted by Crippen LogP contribution is 2.30. The SMILES string of the molecule is Cc1ccc(S(=O)(=O)N(CC(=O)N/N=C\c2ccc(OCC(=O)NC(C)C)cc2)c2cccc(Cl)c2C)cc1. The van der Waals surface area contributed by atoms with E-state index >= 15 is 0 Å². The molecule has 0 bridgehead atoms. The lowest BCUT2D eigenvalue weighted by molar-refractivity contribution is -0.123. The molecular formula is C28H31ClN4O5S. The van der Waals surface area contributed by atoms with Crippen LogP contribution in [0.25, 0.3) is 0 Å². The topological polar surface area (TPSA) is 117 Å². The molecule has 39 heavy (non-hydrogen) atoms. The van der Waals surface area contributed by atoms with Gasteiger partial charge in [-0.15, -0.1) is 0 Å². The Balaban J connectivity index is 1.70. The van der Waals surface area contributed by atoms with Gasteiger partial charge in [-0.25, -0.2) is 13.8 Å². The van der Waals surface area contributed by atoms with Gasteiger partial charge in [-0.05, 0) is 87.4 Å². The van der Waals surface area contributed by atoms with Gasteiger partial charge in [0.2, 0.25) is 0 Å². The van der Waals surface area contributed by atoms with Crippen molar-refractivity contribution in [1.29, 1.82) is 0 Å². The number of rotatable bonds is 11. The molecule has 206 valence electrons. The third-order valence-corrected chi connectivity index (χ3v) is 7.69. The standard InChI is InChI=1S/C28H31ClN4O5S/c1-19(2)31-28(35)18-38-23-12-10-22(11-13-23)16-30-32-27(34)17-33(26-7-5-6-25(29)21(26)4)39(36,37)24-14-8-20(3)9-15-24/h5-16,19H,17-18H2,1-4H3,(H,31,35)(H,32,34)/b30-16-. The molecule has 0 aliphatic heterocycles. The van der Waals surface area contributed by atoms with Crippen molar-refractivity contribution in [3.8, 4) is 5.75 Å². The second kappa shape index (κ2) is 13.3. The number of carbonyl (C=O) groups is 2. The molecule has 0 radical (unpaired) electrons. The van der Waals surface area contributed by atoms with Crippen LogP contribution in [0.4, 0.5) is 5.69 Å². The summed E-state index contributed by atoms with van der Waals surface area (Å²) in [7, 11) is -4.09. The van der Waals surface area contributed by atoms with E-state index in [1.807, 2.05) is 20.8 Å². The number of amides is 2. The van der Waals surface area contributed by atoms with Crippen LogP contribution in [0.1, 0.15) is 30.5 Å². The Hall–Kier alpha value is -3.89. The van der Waals surface area contributed by atoms with Crippen molar-refractivity contribution in [3.63, 3.8) is 0 Å². The van der Waals surface area contributed by atoms with E-state index in [2.05, 4.69) is 15.8 Å². The van der Waals surface area contributed by atoms with Crippen molar-refractivity contribution < 1.29 is 22.7 Å². The molecule has 0 aliphatic carbocycles. The summed E-state index contributed by atoms with van der Waals surface area (Å²) in [6.07, 6.45) is 1.41. The summed E-state index contributed by atoms with van der Waals surface area (Å²) in [6, 6.07) is 18.0. The summed E-state index contributed by atoms with van der Waals surface area (Å²) in [5.41, 5.74) is 4.75. The highest BCUT2D eigenvalue weighted by atomic mass is 35.5. The van der Waals surface area contributed by atoms with Gasteiger partial charge in [-0.3, -0.25) is 13.9 Å². The Morgan fingerprint density at radius 2 is 1.67 bits per heavy atom. The minimum absolute atomic E-state index is 0.0270. The molecule has 9 nitrogen and oxygen atoms in total. The number of ether oxygens (including phenoxy) is 1. The van der Waals surface area contributed by atoms with Crippen molar-refractivity contribution in [1.82, 2.24) is 10.7 Å². The number of aryl methyl sites for hydroxylation is 1. The number of hydrogen-bond acceptors (Lipinski definition) is 6. The maximum atomic E-state index is 13.5. The quantitative estimate of drug-likeness (QED) is 0.265. The van der Waals surface area contributed by atoms with Gasteiger partial charge >= 0.3 is 0 Å². The normalized spacial score (nSPS) is 11.4. The molecule has 2 N–H and O–H groups in total. The first-order valence-corrected chi connectivity index (χ1v) is 14.0. The zero-order valence-corrected chi connectivity index (χ0v) is 23.7. The fourth-order valence-electron chi connectivity index (χ4n) is 3.51.